The van der Waals surface area contributed by atoms with Gasteiger partial charge in [-0.3, -0.25) is 19.1 Å². The van der Waals surface area contributed by atoms with Crippen LogP contribution in [0.15, 0.2) is 0 Å². The van der Waals surface area contributed by atoms with Crippen molar-refractivity contribution in [1.82, 2.24) is 9.78 Å². The highest BCUT2D eigenvalue weighted by Crippen LogP contribution is 2.21. The summed E-state index contributed by atoms with van der Waals surface area (Å²) < 4.78 is 12.6. The Morgan fingerprint density at radius 2 is 2.18 bits per heavy atom. The molecule has 0 amide bonds. The topological polar surface area (TPSA) is 115 Å². The van der Waals surface area contributed by atoms with Gasteiger partial charge in [-0.2, -0.15) is 5.10 Å². The molecule has 0 saturated carbocycles. The van der Waals surface area contributed by atoms with Gasteiger partial charge in [-0.25, -0.2) is 4.68 Å². The Morgan fingerprint density at radius 1 is 1.59 bits per heavy atom. The van der Waals surface area contributed by atoms with Crippen LogP contribution in [0.5, 0.6) is 0 Å². The van der Waals surface area contributed by atoms with Crippen LogP contribution in [-0.2, 0) is 21.5 Å². The number of rotatable bonds is 5. The van der Waals surface area contributed by atoms with Crippen molar-refractivity contribution in [2.75, 3.05) is 5.75 Å². The molecule has 0 aliphatic carbocycles. The first-order valence-corrected chi connectivity index (χ1v) is 6.07. The maximum atomic E-state index is 11.4. The van der Waals surface area contributed by atoms with Gasteiger partial charge in [0.15, 0.2) is 0 Å². The Labute approximate surface area is 98.8 Å². The molecule has 8 nitrogen and oxygen atoms in total. The van der Waals surface area contributed by atoms with Crippen molar-refractivity contribution >= 4 is 22.5 Å². The van der Waals surface area contributed by atoms with Crippen molar-refractivity contribution in [2.45, 2.75) is 19.7 Å². The molecule has 0 fully saturated rings. The lowest BCUT2D eigenvalue weighted by Crippen LogP contribution is -2.15. The molecule has 0 radical (unpaired) electrons. The third kappa shape index (κ3) is 3.09. The molecule has 1 aromatic heterocycles. The molecule has 1 N–H and O–H groups in total. The Balaban J connectivity index is 2.94. The van der Waals surface area contributed by atoms with Crippen LogP contribution in [0.25, 0.3) is 0 Å². The summed E-state index contributed by atoms with van der Waals surface area (Å²) in [5, 5.41) is 23.0. The molecule has 0 bridgehead atoms. The van der Waals surface area contributed by atoms with E-state index < -0.39 is 27.4 Å². The average Bonchev–Trinajstić information content (AvgIpc) is 2.39. The number of hydrogen-bond donors (Lipinski definition) is 1. The van der Waals surface area contributed by atoms with Gasteiger partial charge in [0.25, 0.3) is 0 Å². The second-order valence-corrected chi connectivity index (χ2v) is 4.81. The van der Waals surface area contributed by atoms with Crippen molar-refractivity contribution in [2.24, 2.45) is 0 Å². The van der Waals surface area contributed by atoms with Gasteiger partial charge in [-0.05, 0) is 13.8 Å². The summed E-state index contributed by atoms with van der Waals surface area (Å²) in [6.07, 6.45) is 0. The Kier molecular flexibility index (Phi) is 3.94. The van der Waals surface area contributed by atoms with Crippen LogP contribution in [-0.4, -0.2) is 35.7 Å². The van der Waals surface area contributed by atoms with Crippen molar-refractivity contribution in [1.29, 1.82) is 0 Å². The minimum Gasteiger partial charge on any atom is -0.481 e. The molecule has 1 heterocycles. The highest BCUT2D eigenvalue weighted by atomic mass is 32.2. The predicted octanol–water partition coefficient (Wildman–Crippen LogP) is 0.199. The first-order valence-electron chi connectivity index (χ1n) is 4.58. The number of hydrogen-bond acceptors (Lipinski definition) is 5. The summed E-state index contributed by atoms with van der Waals surface area (Å²) in [4.78, 5) is 20.5. The van der Waals surface area contributed by atoms with E-state index in [0.29, 0.717) is 0 Å². The van der Waals surface area contributed by atoms with E-state index in [1.165, 1.54) is 18.5 Å². The van der Waals surface area contributed by atoms with E-state index in [9.17, 15) is 19.1 Å². The molecular weight excluding hydrogens is 250 g/mol. The number of aromatic nitrogens is 2. The van der Waals surface area contributed by atoms with E-state index in [-0.39, 0.29) is 23.0 Å². The highest BCUT2D eigenvalue weighted by Gasteiger charge is 2.22. The van der Waals surface area contributed by atoms with Crippen LogP contribution in [0.1, 0.15) is 11.4 Å². The number of carboxylic acid groups (broad SMARTS) is 1. The molecule has 0 saturated heterocycles. The third-order valence-electron chi connectivity index (χ3n) is 2.08. The average molecular weight is 261 g/mol. The van der Waals surface area contributed by atoms with Crippen molar-refractivity contribution in [3.63, 3.8) is 0 Å². The zero-order chi connectivity index (χ0) is 13.2. The molecule has 0 aliphatic heterocycles. The number of aryl methyl sites for hydroxylation is 1. The first-order chi connectivity index (χ1) is 7.82. The van der Waals surface area contributed by atoms with Crippen LogP contribution in [0.2, 0.25) is 0 Å². The summed E-state index contributed by atoms with van der Waals surface area (Å²) >= 11 is 0. The second kappa shape index (κ2) is 5.04. The minimum absolute atomic E-state index is 0.127. The number of carbonyl (C=O) groups is 1. The molecular formula is C8H11N3O5S. The van der Waals surface area contributed by atoms with E-state index in [2.05, 4.69) is 5.10 Å². The van der Waals surface area contributed by atoms with Crippen LogP contribution < -0.4 is 0 Å². The standard InChI is InChI=1S/C8H11N3O5S/c1-5-8(11(14)15)6(2)10(9-5)4-17(16)3-7(12)13/h3-4H2,1-2H3,(H,12,13). The maximum Gasteiger partial charge on any atom is 0.316 e. The van der Waals surface area contributed by atoms with Gasteiger partial charge in [-0.1, -0.05) is 0 Å². The Bertz CT molecular complexity index is 496. The van der Waals surface area contributed by atoms with E-state index >= 15 is 0 Å². The molecule has 1 aromatic rings. The zero-order valence-corrected chi connectivity index (χ0v) is 10.1. The molecule has 0 aliphatic rings. The number of nitro groups is 1. The van der Waals surface area contributed by atoms with Crippen molar-refractivity contribution in [3.05, 3.63) is 21.5 Å². The molecule has 1 unspecified atom stereocenters. The van der Waals surface area contributed by atoms with Gasteiger partial charge in [0.2, 0.25) is 0 Å². The van der Waals surface area contributed by atoms with Gasteiger partial charge >= 0.3 is 11.7 Å². The number of carboxylic acids is 1. The van der Waals surface area contributed by atoms with Gasteiger partial charge in [0, 0.05) is 0 Å². The summed E-state index contributed by atoms with van der Waals surface area (Å²) in [5.41, 5.74) is 0.364. The lowest BCUT2D eigenvalue weighted by molar-refractivity contribution is -0.386. The van der Waals surface area contributed by atoms with E-state index in [4.69, 9.17) is 5.11 Å². The monoisotopic (exact) mass is 261 g/mol. The van der Waals surface area contributed by atoms with E-state index in [1.54, 1.807) is 0 Å². The zero-order valence-electron chi connectivity index (χ0n) is 9.24. The Morgan fingerprint density at radius 3 is 2.59 bits per heavy atom. The van der Waals surface area contributed by atoms with E-state index in [1.807, 2.05) is 0 Å². The lowest BCUT2D eigenvalue weighted by Gasteiger charge is -2.01. The number of aliphatic carboxylic acids is 1. The molecule has 94 valence electrons. The van der Waals surface area contributed by atoms with Gasteiger partial charge in [0.05, 0.1) is 15.7 Å². The van der Waals surface area contributed by atoms with Crippen LogP contribution >= 0.6 is 0 Å². The fraction of sp³-hybridized carbons (Fsp3) is 0.500. The predicted molar refractivity (Wildman–Crippen MR) is 59.0 cm³/mol. The maximum absolute atomic E-state index is 11.4. The fourth-order valence-corrected chi connectivity index (χ4v) is 2.29. The van der Waals surface area contributed by atoms with Gasteiger partial charge < -0.3 is 5.11 Å². The Hall–Kier alpha value is -1.77. The molecule has 1 atom stereocenters. The molecule has 9 heteroatoms. The lowest BCUT2D eigenvalue weighted by atomic mass is 10.3. The molecule has 0 spiro atoms. The third-order valence-corrected chi connectivity index (χ3v) is 3.18. The van der Waals surface area contributed by atoms with Crippen LogP contribution in [0, 0.1) is 24.0 Å². The minimum atomic E-state index is -1.64. The quantitative estimate of drug-likeness (QED) is 0.598. The second-order valence-electron chi connectivity index (χ2n) is 3.38. The van der Waals surface area contributed by atoms with Gasteiger partial charge in [-0.15, -0.1) is 0 Å². The van der Waals surface area contributed by atoms with Crippen LogP contribution in [0.3, 0.4) is 0 Å². The normalized spacial score (nSPS) is 12.4. The van der Waals surface area contributed by atoms with Crippen molar-refractivity contribution < 1.29 is 19.0 Å². The van der Waals surface area contributed by atoms with Crippen molar-refractivity contribution in [3.8, 4) is 0 Å². The smallest absolute Gasteiger partial charge is 0.316 e. The molecule has 0 aromatic carbocycles. The summed E-state index contributed by atoms with van der Waals surface area (Å²) in [7, 11) is -1.64. The highest BCUT2D eigenvalue weighted by molar-refractivity contribution is 7.84. The summed E-state index contributed by atoms with van der Waals surface area (Å²) in [6.45, 7) is 2.96. The van der Waals surface area contributed by atoms with Gasteiger partial charge in [0.1, 0.15) is 23.0 Å². The number of nitrogens with zero attached hydrogens (tertiary/aromatic N) is 3. The molecule has 17 heavy (non-hydrogen) atoms. The summed E-state index contributed by atoms with van der Waals surface area (Å²) in [5.74, 6) is -1.85. The van der Waals surface area contributed by atoms with Crippen LogP contribution in [0.4, 0.5) is 5.69 Å². The van der Waals surface area contributed by atoms with E-state index in [0.717, 1.165) is 0 Å². The molecule has 1 rings (SSSR count). The first kappa shape index (κ1) is 13.3. The summed E-state index contributed by atoms with van der Waals surface area (Å²) in [6, 6.07) is 0. The fourth-order valence-electron chi connectivity index (χ4n) is 1.40. The largest absolute Gasteiger partial charge is 0.481 e. The SMILES string of the molecule is Cc1nn(CS(=O)CC(=O)O)c(C)c1[N+](=O)[O-].